The Morgan fingerprint density at radius 3 is 2.56 bits per heavy atom. The first-order valence-corrected chi connectivity index (χ1v) is 8.22. The van der Waals surface area contributed by atoms with Crippen LogP contribution in [0.5, 0.6) is 0 Å². The van der Waals surface area contributed by atoms with E-state index >= 15 is 0 Å². The van der Waals surface area contributed by atoms with Crippen LogP contribution in [0.25, 0.3) is 0 Å². The van der Waals surface area contributed by atoms with Gasteiger partial charge in [0.05, 0.1) is 0 Å². The fourth-order valence-electron chi connectivity index (χ4n) is 2.93. The minimum absolute atomic E-state index is 0.723. The Kier molecular flexibility index (Phi) is 9.28. The molecule has 0 aromatic carbocycles. The SMILES string of the molecule is CCCCCCCCC(CC1=CCCCC1)NC. The van der Waals surface area contributed by atoms with Gasteiger partial charge in [-0.3, -0.25) is 0 Å². The minimum atomic E-state index is 0.723. The van der Waals surface area contributed by atoms with E-state index < -0.39 is 0 Å². The van der Waals surface area contributed by atoms with E-state index in [-0.39, 0.29) is 0 Å². The van der Waals surface area contributed by atoms with Crippen molar-refractivity contribution in [2.45, 2.75) is 90.0 Å². The van der Waals surface area contributed by atoms with Gasteiger partial charge in [-0.25, -0.2) is 0 Å². The maximum Gasteiger partial charge on any atom is 0.0101 e. The van der Waals surface area contributed by atoms with Crippen LogP contribution in [0.3, 0.4) is 0 Å². The second-order valence-electron chi connectivity index (χ2n) is 5.85. The van der Waals surface area contributed by atoms with Crippen molar-refractivity contribution >= 4 is 0 Å². The van der Waals surface area contributed by atoms with Crippen molar-refractivity contribution in [2.24, 2.45) is 0 Å². The van der Waals surface area contributed by atoms with Crippen molar-refractivity contribution in [1.82, 2.24) is 5.32 Å². The van der Waals surface area contributed by atoms with Crippen molar-refractivity contribution < 1.29 is 0 Å². The summed E-state index contributed by atoms with van der Waals surface area (Å²) >= 11 is 0. The number of hydrogen-bond donors (Lipinski definition) is 1. The fraction of sp³-hybridized carbons (Fsp3) is 0.882. The molecule has 18 heavy (non-hydrogen) atoms. The molecule has 0 saturated heterocycles. The second kappa shape index (κ2) is 10.6. The molecule has 1 aliphatic carbocycles. The van der Waals surface area contributed by atoms with Crippen LogP contribution < -0.4 is 5.32 Å². The number of hydrogen-bond acceptors (Lipinski definition) is 1. The summed E-state index contributed by atoms with van der Waals surface area (Å²) < 4.78 is 0. The molecular weight excluding hydrogens is 218 g/mol. The normalized spacial score (nSPS) is 17.6. The molecule has 1 unspecified atom stereocenters. The average molecular weight is 251 g/mol. The summed E-state index contributed by atoms with van der Waals surface area (Å²) in [6.07, 6.45) is 19.1. The van der Waals surface area contributed by atoms with Crippen LogP contribution in [0.2, 0.25) is 0 Å². The lowest BCUT2D eigenvalue weighted by Gasteiger charge is -2.20. The zero-order chi connectivity index (χ0) is 13.1. The highest BCUT2D eigenvalue weighted by Crippen LogP contribution is 2.23. The van der Waals surface area contributed by atoms with Crippen LogP contribution in [0.1, 0.15) is 84.0 Å². The Labute approximate surface area is 114 Å². The first-order valence-electron chi connectivity index (χ1n) is 8.22. The van der Waals surface area contributed by atoms with E-state index in [1.165, 1.54) is 77.0 Å². The topological polar surface area (TPSA) is 12.0 Å². The van der Waals surface area contributed by atoms with E-state index in [0.717, 1.165) is 6.04 Å². The molecule has 0 fully saturated rings. The van der Waals surface area contributed by atoms with Crippen LogP contribution in [-0.4, -0.2) is 13.1 Å². The van der Waals surface area contributed by atoms with Gasteiger partial charge in [0.25, 0.3) is 0 Å². The molecule has 1 heteroatoms. The molecule has 0 heterocycles. The molecule has 0 radical (unpaired) electrons. The average Bonchev–Trinajstić information content (AvgIpc) is 2.42. The molecule has 1 nitrogen and oxygen atoms in total. The number of allylic oxidation sites excluding steroid dienone is 1. The number of nitrogens with one attached hydrogen (secondary N) is 1. The summed E-state index contributed by atoms with van der Waals surface area (Å²) in [6, 6.07) is 0.723. The highest BCUT2D eigenvalue weighted by atomic mass is 14.9. The van der Waals surface area contributed by atoms with E-state index in [1.807, 2.05) is 0 Å². The molecule has 1 N–H and O–H groups in total. The van der Waals surface area contributed by atoms with Gasteiger partial charge in [0.2, 0.25) is 0 Å². The highest BCUT2D eigenvalue weighted by molar-refractivity contribution is 5.06. The molecule has 0 amide bonds. The maximum atomic E-state index is 3.51. The summed E-state index contributed by atoms with van der Waals surface area (Å²) in [6.45, 7) is 2.29. The lowest BCUT2D eigenvalue weighted by molar-refractivity contribution is 0.469. The van der Waals surface area contributed by atoms with Crippen LogP contribution in [0.4, 0.5) is 0 Å². The quantitative estimate of drug-likeness (QED) is 0.415. The third-order valence-electron chi connectivity index (χ3n) is 4.21. The predicted molar refractivity (Wildman–Crippen MR) is 82.0 cm³/mol. The molecule has 1 atom stereocenters. The van der Waals surface area contributed by atoms with Gasteiger partial charge in [0, 0.05) is 6.04 Å². The van der Waals surface area contributed by atoms with Crippen LogP contribution in [0.15, 0.2) is 11.6 Å². The van der Waals surface area contributed by atoms with E-state index in [2.05, 4.69) is 25.4 Å². The van der Waals surface area contributed by atoms with Gasteiger partial charge in [-0.1, -0.05) is 57.1 Å². The minimum Gasteiger partial charge on any atom is -0.317 e. The van der Waals surface area contributed by atoms with Crippen LogP contribution in [-0.2, 0) is 0 Å². The summed E-state index contributed by atoms with van der Waals surface area (Å²) in [4.78, 5) is 0. The summed E-state index contributed by atoms with van der Waals surface area (Å²) in [7, 11) is 2.13. The van der Waals surface area contributed by atoms with Gasteiger partial charge in [0.1, 0.15) is 0 Å². The Morgan fingerprint density at radius 1 is 1.11 bits per heavy atom. The molecule has 0 aromatic rings. The molecule has 0 aliphatic heterocycles. The van der Waals surface area contributed by atoms with E-state index in [0.29, 0.717) is 0 Å². The van der Waals surface area contributed by atoms with Crippen molar-refractivity contribution in [1.29, 1.82) is 0 Å². The fourth-order valence-corrected chi connectivity index (χ4v) is 2.93. The van der Waals surface area contributed by atoms with Crippen molar-refractivity contribution in [3.8, 4) is 0 Å². The second-order valence-corrected chi connectivity index (χ2v) is 5.85. The Hall–Kier alpha value is -0.300. The monoisotopic (exact) mass is 251 g/mol. The van der Waals surface area contributed by atoms with Crippen LogP contribution in [0, 0.1) is 0 Å². The van der Waals surface area contributed by atoms with Gasteiger partial charge in [-0.2, -0.15) is 0 Å². The van der Waals surface area contributed by atoms with Crippen molar-refractivity contribution in [2.75, 3.05) is 7.05 Å². The summed E-state index contributed by atoms with van der Waals surface area (Å²) in [5.74, 6) is 0. The Morgan fingerprint density at radius 2 is 1.89 bits per heavy atom. The highest BCUT2D eigenvalue weighted by Gasteiger charge is 2.10. The van der Waals surface area contributed by atoms with E-state index in [1.54, 1.807) is 5.57 Å². The maximum absolute atomic E-state index is 3.51. The van der Waals surface area contributed by atoms with E-state index in [9.17, 15) is 0 Å². The molecule has 0 spiro atoms. The molecular formula is C17H33N. The van der Waals surface area contributed by atoms with Gasteiger partial charge in [0.15, 0.2) is 0 Å². The van der Waals surface area contributed by atoms with E-state index in [4.69, 9.17) is 0 Å². The molecule has 1 rings (SSSR count). The molecule has 0 aromatic heterocycles. The molecule has 1 aliphatic rings. The standard InChI is InChI=1S/C17H33N/c1-3-4-5-6-7-11-14-17(18-2)15-16-12-9-8-10-13-16/h12,17-18H,3-11,13-15H2,1-2H3. The molecule has 0 saturated carbocycles. The van der Waals surface area contributed by atoms with Gasteiger partial charge >= 0.3 is 0 Å². The number of unbranched alkanes of at least 4 members (excludes halogenated alkanes) is 5. The first kappa shape index (κ1) is 15.8. The van der Waals surface area contributed by atoms with Gasteiger partial charge in [-0.15, -0.1) is 0 Å². The zero-order valence-corrected chi connectivity index (χ0v) is 12.6. The van der Waals surface area contributed by atoms with Crippen LogP contribution >= 0.6 is 0 Å². The Bertz CT molecular complexity index is 220. The smallest absolute Gasteiger partial charge is 0.0101 e. The molecule has 106 valence electrons. The van der Waals surface area contributed by atoms with Crippen molar-refractivity contribution in [3.05, 3.63) is 11.6 Å². The first-order chi connectivity index (χ1) is 8.86. The van der Waals surface area contributed by atoms with Gasteiger partial charge in [-0.05, 0) is 45.6 Å². The predicted octanol–water partition coefficient (Wildman–Crippen LogP) is 5.22. The Balaban J connectivity index is 2.07. The van der Waals surface area contributed by atoms with Crippen molar-refractivity contribution in [3.63, 3.8) is 0 Å². The largest absolute Gasteiger partial charge is 0.317 e. The lowest BCUT2D eigenvalue weighted by Crippen LogP contribution is -2.25. The zero-order valence-electron chi connectivity index (χ0n) is 12.6. The summed E-state index contributed by atoms with van der Waals surface area (Å²) in [5, 5.41) is 3.51. The summed E-state index contributed by atoms with van der Waals surface area (Å²) in [5.41, 5.74) is 1.71. The lowest BCUT2D eigenvalue weighted by atomic mass is 9.92. The van der Waals surface area contributed by atoms with Gasteiger partial charge < -0.3 is 5.32 Å². The number of rotatable bonds is 10. The third-order valence-corrected chi connectivity index (χ3v) is 4.21. The molecule has 0 bridgehead atoms. The third kappa shape index (κ3) is 7.20.